The molecule has 0 saturated carbocycles. The fraction of sp³-hybridized carbons (Fsp3) is 0.161. The molecule has 3 atom stereocenters. The number of anilines is 1. The van der Waals surface area contributed by atoms with Crippen molar-refractivity contribution < 1.29 is 0 Å². The molecule has 65 heavy (non-hydrogen) atoms. The summed E-state index contributed by atoms with van der Waals surface area (Å²) in [5.41, 5.74) is 19.7. The second-order valence-corrected chi connectivity index (χ2v) is 18.5. The number of nitrogens with zero attached hydrogens (tertiary/aromatic N) is 3. The molecular weight excluding hydrogens is 787 g/mol. The average Bonchev–Trinajstić information content (AvgIpc) is 3.71. The van der Waals surface area contributed by atoms with Gasteiger partial charge in [0.1, 0.15) is 5.82 Å². The molecule has 0 spiro atoms. The van der Waals surface area contributed by atoms with Gasteiger partial charge in [0.2, 0.25) is 0 Å². The molecule has 3 heterocycles. The van der Waals surface area contributed by atoms with E-state index in [0.717, 1.165) is 62.2 Å². The Morgan fingerprint density at radius 1 is 0.631 bits per heavy atom. The van der Waals surface area contributed by atoms with Crippen LogP contribution in [0.15, 0.2) is 193 Å². The van der Waals surface area contributed by atoms with Gasteiger partial charge in [0.25, 0.3) is 0 Å². The highest BCUT2D eigenvalue weighted by molar-refractivity contribution is 6.08. The lowest BCUT2D eigenvalue weighted by Crippen LogP contribution is -2.32. The van der Waals surface area contributed by atoms with Gasteiger partial charge in [-0.15, -0.1) is 0 Å². The minimum atomic E-state index is 0.273. The summed E-state index contributed by atoms with van der Waals surface area (Å²) in [6, 6.07) is 45.8. The number of rotatable bonds is 6. The number of fused-ring (bicyclic) bond motifs is 7. The summed E-state index contributed by atoms with van der Waals surface area (Å²) in [7, 11) is 0. The Hall–Kier alpha value is -7.36. The van der Waals surface area contributed by atoms with E-state index in [-0.39, 0.29) is 5.92 Å². The highest BCUT2D eigenvalue weighted by Crippen LogP contribution is 2.51. The van der Waals surface area contributed by atoms with E-state index in [1.54, 1.807) is 0 Å². The molecule has 3 unspecified atom stereocenters. The van der Waals surface area contributed by atoms with Crippen LogP contribution in [0.3, 0.4) is 0 Å². The largest absolute Gasteiger partial charge is 0.322 e. The summed E-state index contributed by atoms with van der Waals surface area (Å²) in [5, 5.41) is 5.23. The zero-order valence-corrected chi connectivity index (χ0v) is 36.5. The van der Waals surface area contributed by atoms with Gasteiger partial charge in [0.15, 0.2) is 0 Å². The van der Waals surface area contributed by atoms with Crippen LogP contribution in [0.5, 0.6) is 0 Å². The molecule has 0 fully saturated rings. The minimum absolute atomic E-state index is 0.273. The van der Waals surface area contributed by atoms with Gasteiger partial charge < -0.3 is 4.90 Å². The lowest BCUT2D eigenvalue weighted by atomic mass is 9.75. The summed E-state index contributed by atoms with van der Waals surface area (Å²) in [4.78, 5) is 12.8. The van der Waals surface area contributed by atoms with Crippen LogP contribution in [0.4, 0.5) is 5.82 Å². The van der Waals surface area contributed by atoms with Crippen molar-refractivity contribution >= 4 is 56.5 Å². The highest BCUT2D eigenvalue weighted by atomic mass is 15.2. The number of hydrogen-bond donors (Lipinski definition) is 0. The molecule has 0 radical (unpaired) electrons. The van der Waals surface area contributed by atoms with Gasteiger partial charge >= 0.3 is 0 Å². The predicted octanol–water partition coefficient (Wildman–Crippen LogP) is 15.2. The van der Waals surface area contributed by atoms with Crippen molar-refractivity contribution in [3.8, 4) is 11.1 Å². The minimum Gasteiger partial charge on any atom is -0.322 e. The zero-order chi connectivity index (χ0) is 42.8. The third kappa shape index (κ3) is 6.55. The van der Waals surface area contributed by atoms with Crippen molar-refractivity contribution in [1.29, 1.82) is 0 Å². The van der Waals surface area contributed by atoms with Crippen LogP contribution in [-0.4, -0.2) is 16.7 Å². The maximum absolute atomic E-state index is 5.47. The number of aliphatic imine (C=N–C) groups is 1. The summed E-state index contributed by atoms with van der Waals surface area (Å²) < 4.78 is 0. The SMILES string of the molecule is C1=CCC(N2C3=CC=C(c4ccc(C5=NC(c6ccc7c(-c8ccc9ccccc9c8)c8c(c(C9C=Cc%10ccccc%10C9)c7c6)C=CCC8)=CCC5)cc4)CC3c3cccnc32)C=C1. The van der Waals surface area contributed by atoms with E-state index in [9.17, 15) is 0 Å². The van der Waals surface area contributed by atoms with Gasteiger partial charge in [-0.05, 0) is 146 Å². The molecule has 13 rings (SSSR count). The first-order valence-electron chi connectivity index (χ1n) is 23.6. The normalized spacial score (nSPS) is 20.4. The third-order valence-corrected chi connectivity index (χ3v) is 14.8. The molecule has 6 aromatic carbocycles. The zero-order valence-electron chi connectivity index (χ0n) is 36.5. The summed E-state index contributed by atoms with van der Waals surface area (Å²) in [5.74, 6) is 1.69. The lowest BCUT2D eigenvalue weighted by molar-refractivity contribution is 0.718. The van der Waals surface area contributed by atoms with Crippen molar-refractivity contribution in [3.63, 3.8) is 0 Å². The Morgan fingerprint density at radius 3 is 2.42 bits per heavy atom. The Kier molecular flexibility index (Phi) is 9.22. The molecular formula is C62H49N3. The Balaban J connectivity index is 0.863. The molecule has 1 aromatic heterocycles. The van der Waals surface area contributed by atoms with Gasteiger partial charge in [-0.3, -0.25) is 4.99 Å². The molecule has 6 aliphatic rings. The van der Waals surface area contributed by atoms with Crippen molar-refractivity contribution in [1.82, 2.24) is 4.98 Å². The second kappa shape index (κ2) is 15.7. The van der Waals surface area contributed by atoms with Gasteiger partial charge in [-0.2, -0.15) is 0 Å². The second-order valence-electron chi connectivity index (χ2n) is 18.5. The smallest absolute Gasteiger partial charge is 0.137 e. The fourth-order valence-electron chi connectivity index (χ4n) is 11.7. The van der Waals surface area contributed by atoms with Gasteiger partial charge in [0, 0.05) is 40.6 Å². The standard InChI is InChI=1S/C62H49N3/c1-2-16-50(17-3-1)65-59-34-32-46(38-55(59)54-20-11-35-63-62(54)65)42-23-27-43(28-24-42)57-21-10-22-58(64-57)47-31-33-53-56(39-47)61(49-30-26-41-13-5-7-15-45(41)37-49)52-19-9-8-18-51(52)60(53)48-29-25-40-12-4-6-14-44(40)36-48/h1-7,9,11-16,19-20,22-36,39,49-50,55H,8,10,17-18,21,37-38H2. The van der Waals surface area contributed by atoms with E-state index in [4.69, 9.17) is 9.98 Å². The van der Waals surface area contributed by atoms with Gasteiger partial charge in [-0.25, -0.2) is 4.98 Å². The van der Waals surface area contributed by atoms with E-state index >= 15 is 0 Å². The average molecular weight is 836 g/mol. The van der Waals surface area contributed by atoms with E-state index in [2.05, 4.69) is 193 Å². The van der Waals surface area contributed by atoms with E-state index in [1.807, 2.05) is 6.20 Å². The molecule has 2 aliphatic heterocycles. The molecule has 0 amide bonds. The molecule has 3 nitrogen and oxygen atoms in total. The summed E-state index contributed by atoms with van der Waals surface area (Å²) in [6.45, 7) is 0. The monoisotopic (exact) mass is 835 g/mol. The van der Waals surface area contributed by atoms with Crippen LogP contribution in [0.2, 0.25) is 0 Å². The number of benzene rings is 6. The quantitative estimate of drug-likeness (QED) is 0.167. The highest BCUT2D eigenvalue weighted by Gasteiger charge is 2.39. The van der Waals surface area contributed by atoms with Crippen molar-refractivity contribution in [3.05, 3.63) is 238 Å². The Bertz CT molecular complexity index is 3360. The third-order valence-electron chi connectivity index (χ3n) is 14.8. The Labute approximate surface area is 381 Å². The van der Waals surface area contributed by atoms with Crippen molar-refractivity contribution in [2.75, 3.05) is 4.90 Å². The van der Waals surface area contributed by atoms with Gasteiger partial charge in [-0.1, -0.05) is 164 Å². The molecule has 312 valence electrons. The van der Waals surface area contributed by atoms with E-state index in [1.165, 1.54) is 94.0 Å². The van der Waals surface area contributed by atoms with Crippen molar-refractivity contribution in [2.45, 2.75) is 62.8 Å². The lowest BCUT2D eigenvalue weighted by Gasteiger charge is -2.31. The number of aromatic nitrogens is 1. The van der Waals surface area contributed by atoms with Gasteiger partial charge in [0.05, 0.1) is 11.7 Å². The van der Waals surface area contributed by atoms with Crippen LogP contribution in [0.1, 0.15) is 94.0 Å². The molecule has 0 saturated heterocycles. The maximum Gasteiger partial charge on any atom is 0.137 e. The maximum atomic E-state index is 5.47. The van der Waals surface area contributed by atoms with Crippen LogP contribution >= 0.6 is 0 Å². The molecule has 7 aromatic rings. The fourth-order valence-corrected chi connectivity index (χ4v) is 11.7. The summed E-state index contributed by atoms with van der Waals surface area (Å²) in [6.07, 6.45) is 34.5. The summed E-state index contributed by atoms with van der Waals surface area (Å²) >= 11 is 0. The molecule has 0 N–H and O–H groups in total. The topological polar surface area (TPSA) is 28.5 Å². The predicted molar refractivity (Wildman–Crippen MR) is 273 cm³/mol. The first kappa shape index (κ1) is 38.1. The molecule has 0 bridgehead atoms. The van der Waals surface area contributed by atoms with Crippen LogP contribution in [-0.2, 0) is 12.8 Å². The van der Waals surface area contributed by atoms with Crippen LogP contribution in [0, 0.1) is 0 Å². The molecule has 3 heteroatoms. The van der Waals surface area contributed by atoms with E-state index in [0.29, 0.717) is 12.0 Å². The van der Waals surface area contributed by atoms with Crippen molar-refractivity contribution in [2.24, 2.45) is 4.99 Å². The molecule has 4 aliphatic carbocycles. The van der Waals surface area contributed by atoms with Crippen LogP contribution < -0.4 is 4.90 Å². The number of allylic oxidation sites excluding steroid dienone is 9. The van der Waals surface area contributed by atoms with Crippen LogP contribution in [0.25, 0.3) is 56.1 Å². The Morgan fingerprint density at radius 2 is 1.49 bits per heavy atom. The first-order valence-corrected chi connectivity index (χ1v) is 23.6. The number of pyridine rings is 1. The van der Waals surface area contributed by atoms with E-state index < -0.39 is 0 Å². The first-order chi connectivity index (χ1) is 32.2. The number of hydrogen-bond acceptors (Lipinski definition) is 3.